The maximum absolute atomic E-state index is 11.7. The van der Waals surface area contributed by atoms with Crippen LogP contribution < -0.4 is 10.5 Å². The molecule has 1 heterocycles. The lowest BCUT2D eigenvalue weighted by Crippen LogP contribution is -2.03. The number of benzene rings is 3. The van der Waals surface area contributed by atoms with Crippen molar-refractivity contribution in [1.82, 2.24) is 0 Å². The van der Waals surface area contributed by atoms with Crippen molar-refractivity contribution in [2.24, 2.45) is 0 Å². The maximum Gasteiger partial charge on any atom is 0.336 e. The summed E-state index contributed by atoms with van der Waals surface area (Å²) in [6.07, 6.45) is 0. The molecule has 0 bridgehead atoms. The molecule has 0 saturated heterocycles. The lowest BCUT2D eigenvalue weighted by atomic mass is 9.91. The fraction of sp³-hybridized carbons (Fsp3) is 0.0909. The Bertz CT molecular complexity index is 1160. The first-order valence-electron chi connectivity index (χ1n) is 8.55. The highest BCUT2D eigenvalue weighted by molar-refractivity contribution is 6.07. The molecular formula is C22H17O5-. The topological polar surface area (TPSA) is 90.6 Å². The van der Waals surface area contributed by atoms with E-state index in [2.05, 4.69) is 0 Å². The van der Waals surface area contributed by atoms with Gasteiger partial charge in [-0.2, -0.15) is 0 Å². The molecule has 1 N–H and O–H groups in total. The zero-order chi connectivity index (χ0) is 19.6. The Morgan fingerprint density at radius 2 is 1.70 bits per heavy atom. The Balaban J connectivity index is 0.00000102. The summed E-state index contributed by atoms with van der Waals surface area (Å²) in [5.74, 6) is -0.981. The average molecular weight is 361 g/mol. The van der Waals surface area contributed by atoms with Gasteiger partial charge in [0.2, 0.25) is 0 Å². The Morgan fingerprint density at radius 3 is 2.44 bits per heavy atom. The van der Waals surface area contributed by atoms with E-state index >= 15 is 0 Å². The van der Waals surface area contributed by atoms with Crippen LogP contribution in [0.15, 0.2) is 69.9 Å². The minimum absolute atomic E-state index is 0.133. The Kier molecular flexibility index (Phi) is 4.94. The van der Waals surface area contributed by atoms with Crippen LogP contribution in [0.2, 0.25) is 0 Å². The van der Waals surface area contributed by atoms with E-state index in [0.717, 1.165) is 0 Å². The third kappa shape index (κ3) is 3.27. The van der Waals surface area contributed by atoms with E-state index in [4.69, 9.17) is 4.42 Å². The molecule has 0 amide bonds. The first kappa shape index (κ1) is 18.2. The van der Waals surface area contributed by atoms with E-state index in [1.807, 2.05) is 13.8 Å². The molecule has 5 heteroatoms. The van der Waals surface area contributed by atoms with Gasteiger partial charge in [-0.3, -0.25) is 4.79 Å². The molecule has 27 heavy (non-hydrogen) atoms. The predicted octanol–water partition coefficient (Wildman–Crippen LogP) is 4.36. The molecule has 2 aromatic rings. The molecule has 2 aliphatic rings. The standard InChI is InChI=1S/C20H12O5.C2H6/c21-11-5-7-15-17(9-11)25-18-10-12(22)6-8-16(18)19(15)13-3-1-2-4-14(13)20(23)24;1-2/h1-10,21H,(H,23,24);1-2H3/p-1. The van der Waals surface area contributed by atoms with Crippen molar-refractivity contribution in [3.05, 3.63) is 76.5 Å². The number of hydrogen-bond acceptors (Lipinski definition) is 4. The van der Waals surface area contributed by atoms with Gasteiger partial charge in [0.05, 0.1) is 5.56 Å². The Labute approximate surface area is 155 Å². The minimum Gasteiger partial charge on any atom is -0.872 e. The lowest BCUT2D eigenvalue weighted by Gasteiger charge is -2.17. The van der Waals surface area contributed by atoms with Gasteiger partial charge in [0, 0.05) is 22.6 Å². The minimum atomic E-state index is -1.06. The van der Waals surface area contributed by atoms with Gasteiger partial charge < -0.3 is 14.6 Å². The monoisotopic (exact) mass is 361 g/mol. The average Bonchev–Trinajstić information content (AvgIpc) is 2.67. The molecular weight excluding hydrogens is 344 g/mol. The van der Waals surface area contributed by atoms with Gasteiger partial charge in [-0.1, -0.05) is 44.2 Å². The molecule has 0 atom stereocenters. The Hall–Kier alpha value is -3.60. The molecule has 0 fully saturated rings. The second-order valence-corrected chi connectivity index (χ2v) is 5.64. The van der Waals surface area contributed by atoms with Crippen LogP contribution in [0.4, 0.5) is 0 Å². The van der Waals surface area contributed by atoms with Crippen molar-refractivity contribution in [1.29, 1.82) is 0 Å². The van der Waals surface area contributed by atoms with Crippen LogP contribution in [0.25, 0.3) is 33.4 Å². The number of carboxylic acids is 1. The van der Waals surface area contributed by atoms with Gasteiger partial charge in [0.15, 0.2) is 5.43 Å². The van der Waals surface area contributed by atoms with E-state index in [1.165, 1.54) is 30.3 Å². The van der Waals surface area contributed by atoms with Crippen molar-refractivity contribution >= 4 is 16.9 Å². The third-order valence-electron chi connectivity index (χ3n) is 4.09. The van der Waals surface area contributed by atoms with Crippen LogP contribution >= 0.6 is 0 Å². The summed E-state index contributed by atoms with van der Waals surface area (Å²) in [6.45, 7) is 4.00. The zero-order valence-corrected chi connectivity index (χ0v) is 14.9. The molecule has 136 valence electrons. The van der Waals surface area contributed by atoms with Crippen LogP contribution in [-0.2, 0) is 0 Å². The highest BCUT2D eigenvalue weighted by Gasteiger charge is 2.20. The first-order valence-corrected chi connectivity index (χ1v) is 8.55. The molecule has 1 aliphatic heterocycles. The number of aromatic carboxylic acids is 1. The van der Waals surface area contributed by atoms with Crippen LogP contribution in [-0.4, -0.2) is 11.1 Å². The van der Waals surface area contributed by atoms with E-state index in [1.54, 1.807) is 30.3 Å². The van der Waals surface area contributed by atoms with E-state index in [-0.39, 0.29) is 16.7 Å². The summed E-state index contributed by atoms with van der Waals surface area (Å²) in [4.78, 5) is 23.3. The predicted molar refractivity (Wildman–Crippen MR) is 102 cm³/mol. The van der Waals surface area contributed by atoms with Gasteiger partial charge in [0.1, 0.15) is 11.3 Å². The summed E-state index contributed by atoms with van der Waals surface area (Å²) in [5, 5.41) is 21.8. The Morgan fingerprint density at radius 1 is 0.963 bits per heavy atom. The zero-order valence-electron chi connectivity index (χ0n) is 14.9. The highest BCUT2D eigenvalue weighted by Crippen LogP contribution is 2.41. The molecule has 0 spiro atoms. The quantitative estimate of drug-likeness (QED) is 0.536. The van der Waals surface area contributed by atoms with Crippen molar-refractivity contribution in [3.63, 3.8) is 0 Å². The van der Waals surface area contributed by atoms with Crippen LogP contribution in [0.3, 0.4) is 0 Å². The van der Waals surface area contributed by atoms with E-state index < -0.39 is 5.97 Å². The third-order valence-corrected chi connectivity index (χ3v) is 4.09. The van der Waals surface area contributed by atoms with Crippen LogP contribution in [0.5, 0.6) is 5.75 Å². The molecule has 0 saturated carbocycles. The summed E-state index contributed by atoms with van der Waals surface area (Å²) < 4.78 is 5.72. The summed E-state index contributed by atoms with van der Waals surface area (Å²) in [6, 6.07) is 15.3. The maximum atomic E-state index is 11.7. The van der Waals surface area contributed by atoms with E-state index in [0.29, 0.717) is 33.4 Å². The van der Waals surface area contributed by atoms with Crippen molar-refractivity contribution in [3.8, 4) is 28.2 Å². The van der Waals surface area contributed by atoms with Crippen molar-refractivity contribution in [2.75, 3.05) is 0 Å². The second kappa shape index (κ2) is 7.33. The van der Waals surface area contributed by atoms with Crippen molar-refractivity contribution in [2.45, 2.75) is 13.8 Å². The first-order chi connectivity index (χ1) is 13.0. The number of rotatable bonds is 2. The molecule has 1 aliphatic carbocycles. The lowest BCUT2D eigenvalue weighted by molar-refractivity contribution is -0.268. The van der Waals surface area contributed by atoms with Crippen LogP contribution in [0, 0.1) is 0 Å². The molecule has 2 aromatic carbocycles. The normalized spacial score (nSPS) is 10.4. The summed E-state index contributed by atoms with van der Waals surface area (Å²) in [5.41, 5.74) is 1.94. The number of hydrogen-bond donors (Lipinski definition) is 1. The van der Waals surface area contributed by atoms with Gasteiger partial charge in [-0.25, -0.2) is 4.79 Å². The molecule has 4 rings (SSSR count). The number of carboxylic acid groups (broad SMARTS) is 1. The summed E-state index contributed by atoms with van der Waals surface area (Å²) >= 11 is 0. The molecule has 0 unspecified atom stereocenters. The van der Waals surface area contributed by atoms with Gasteiger partial charge in [-0.05, 0) is 29.8 Å². The molecule has 0 radical (unpaired) electrons. The fourth-order valence-electron chi connectivity index (χ4n) is 3.03. The van der Waals surface area contributed by atoms with Gasteiger partial charge in [0.25, 0.3) is 0 Å². The van der Waals surface area contributed by atoms with E-state index in [9.17, 15) is 19.8 Å². The SMILES string of the molecule is CC.O=C(O)c1ccccc1-c1c2ccc(=O)cc-2oc2cc([O-])ccc12. The van der Waals surface area contributed by atoms with Crippen LogP contribution in [0.1, 0.15) is 24.2 Å². The van der Waals surface area contributed by atoms with Gasteiger partial charge in [-0.15, -0.1) is 5.75 Å². The summed E-state index contributed by atoms with van der Waals surface area (Å²) in [7, 11) is 0. The number of fused-ring (bicyclic) bond motifs is 2. The molecule has 5 nitrogen and oxygen atoms in total. The fourth-order valence-corrected chi connectivity index (χ4v) is 3.03. The second-order valence-electron chi connectivity index (χ2n) is 5.64. The van der Waals surface area contributed by atoms with Crippen molar-refractivity contribution < 1.29 is 19.4 Å². The largest absolute Gasteiger partial charge is 0.872 e. The van der Waals surface area contributed by atoms with Gasteiger partial charge >= 0.3 is 5.97 Å². The smallest absolute Gasteiger partial charge is 0.336 e. The highest BCUT2D eigenvalue weighted by atomic mass is 16.4. The molecule has 0 aromatic heterocycles. The number of carbonyl (C=O) groups is 1.